The van der Waals surface area contributed by atoms with Crippen LogP contribution in [-0.4, -0.2) is 51.8 Å². The second-order valence-corrected chi connectivity index (χ2v) is 8.92. The summed E-state index contributed by atoms with van der Waals surface area (Å²) in [5, 5.41) is 4.12. The van der Waals surface area contributed by atoms with Crippen LogP contribution in [0.1, 0.15) is 60.0 Å². The van der Waals surface area contributed by atoms with E-state index in [0.29, 0.717) is 17.8 Å². The molecule has 6 nitrogen and oxygen atoms in total. The van der Waals surface area contributed by atoms with Gasteiger partial charge in [0, 0.05) is 41.3 Å². The van der Waals surface area contributed by atoms with Gasteiger partial charge in [-0.15, -0.1) is 0 Å². The van der Waals surface area contributed by atoms with Crippen molar-refractivity contribution in [2.24, 2.45) is 5.92 Å². The Bertz CT molecular complexity index is 1190. The van der Waals surface area contributed by atoms with Crippen LogP contribution in [0.2, 0.25) is 0 Å². The lowest BCUT2D eigenvalue weighted by Crippen LogP contribution is -2.37. The molecule has 1 amide bonds. The number of nitrogens with one attached hydrogen (secondary N) is 1. The normalized spacial score (nSPS) is 14.7. The molecule has 7 heteroatoms. The summed E-state index contributed by atoms with van der Waals surface area (Å²) in [4.78, 5) is 33.0. The summed E-state index contributed by atoms with van der Waals surface area (Å²) >= 11 is 0. The molecule has 3 aromatic rings. The summed E-state index contributed by atoms with van der Waals surface area (Å²) in [6, 6.07) is 6.09. The molecule has 0 radical (unpaired) electrons. The Balaban J connectivity index is 1.92. The summed E-state index contributed by atoms with van der Waals surface area (Å²) < 4.78 is 16.2. The Kier molecular flexibility index (Phi) is 6.61. The number of Topliss-reactive ketones (excluding diaryl/α,β-unsaturated/α-hetero) is 1. The molecule has 0 atom stereocenters. The fraction of sp³-hybridized carbons (Fsp3) is 0.423. The first-order valence-corrected chi connectivity index (χ1v) is 11.7. The van der Waals surface area contributed by atoms with Crippen molar-refractivity contribution in [1.82, 2.24) is 19.8 Å². The molecule has 1 aromatic carbocycles. The van der Waals surface area contributed by atoms with Crippen molar-refractivity contribution in [2.45, 2.75) is 46.6 Å². The number of aromatic nitrogens is 2. The van der Waals surface area contributed by atoms with E-state index < -0.39 is 5.82 Å². The number of nitrogens with zero attached hydrogens (tertiary/aromatic N) is 3. The first-order valence-electron chi connectivity index (χ1n) is 11.7. The van der Waals surface area contributed by atoms with Gasteiger partial charge in [-0.05, 0) is 77.9 Å². The predicted molar refractivity (Wildman–Crippen MR) is 128 cm³/mol. The van der Waals surface area contributed by atoms with Gasteiger partial charge in [-0.1, -0.05) is 0 Å². The van der Waals surface area contributed by atoms with Gasteiger partial charge in [0.1, 0.15) is 5.82 Å². The van der Waals surface area contributed by atoms with Crippen molar-refractivity contribution in [3.63, 3.8) is 0 Å². The predicted octanol–water partition coefficient (Wildman–Crippen LogP) is 4.53. The highest BCUT2D eigenvalue weighted by molar-refractivity contribution is 6.11. The van der Waals surface area contributed by atoms with Crippen LogP contribution >= 0.6 is 0 Å². The number of amides is 1. The Hall–Kier alpha value is -3.06. The number of pyridine rings is 1. The third kappa shape index (κ3) is 4.17. The van der Waals surface area contributed by atoms with Crippen LogP contribution in [0.5, 0.6) is 0 Å². The Morgan fingerprint density at radius 3 is 2.64 bits per heavy atom. The average molecular weight is 451 g/mol. The first-order chi connectivity index (χ1) is 15.8. The van der Waals surface area contributed by atoms with Gasteiger partial charge in [0.15, 0.2) is 5.78 Å². The van der Waals surface area contributed by atoms with E-state index in [1.165, 1.54) is 12.1 Å². The van der Waals surface area contributed by atoms with E-state index in [9.17, 15) is 14.0 Å². The standard InChI is InChI=1S/C26H31FN4O2/c1-5-30(16(2)3)26(33)21-14-19(27)6-7-22(21)31-17(4)24(20-10-13-29-15-23(20)31)25(32)18-8-11-28-12-9-18/h6-7,10,13-16,18,28H,5,8-9,11-12H2,1-4H3. The van der Waals surface area contributed by atoms with Crippen LogP contribution in [0.3, 0.4) is 0 Å². The third-order valence-electron chi connectivity index (χ3n) is 6.62. The van der Waals surface area contributed by atoms with Gasteiger partial charge in [-0.3, -0.25) is 14.6 Å². The van der Waals surface area contributed by atoms with Gasteiger partial charge >= 0.3 is 0 Å². The van der Waals surface area contributed by atoms with E-state index in [1.54, 1.807) is 23.4 Å². The average Bonchev–Trinajstić information content (AvgIpc) is 3.11. The van der Waals surface area contributed by atoms with Gasteiger partial charge in [0.05, 0.1) is 23.0 Å². The number of piperidine rings is 1. The molecule has 0 saturated carbocycles. The lowest BCUT2D eigenvalue weighted by Gasteiger charge is -2.26. The second-order valence-electron chi connectivity index (χ2n) is 8.92. The van der Waals surface area contributed by atoms with Crippen LogP contribution in [0.25, 0.3) is 16.6 Å². The van der Waals surface area contributed by atoms with E-state index in [0.717, 1.165) is 42.5 Å². The van der Waals surface area contributed by atoms with Crippen molar-refractivity contribution >= 4 is 22.6 Å². The molecule has 3 heterocycles. The number of hydrogen-bond acceptors (Lipinski definition) is 4. The zero-order valence-electron chi connectivity index (χ0n) is 19.7. The lowest BCUT2D eigenvalue weighted by atomic mass is 9.88. The number of carbonyl (C=O) groups is 2. The van der Waals surface area contributed by atoms with E-state index in [-0.39, 0.29) is 29.2 Å². The number of fused-ring (bicyclic) bond motifs is 1. The minimum absolute atomic E-state index is 0.0279. The van der Waals surface area contributed by atoms with E-state index in [4.69, 9.17) is 0 Å². The van der Waals surface area contributed by atoms with Crippen molar-refractivity contribution < 1.29 is 14.0 Å². The van der Waals surface area contributed by atoms with Gasteiger partial charge in [0.25, 0.3) is 5.91 Å². The topological polar surface area (TPSA) is 67.2 Å². The van der Waals surface area contributed by atoms with Crippen molar-refractivity contribution in [2.75, 3.05) is 19.6 Å². The van der Waals surface area contributed by atoms with Gasteiger partial charge in [-0.25, -0.2) is 4.39 Å². The summed E-state index contributed by atoms with van der Waals surface area (Å²) in [6.45, 7) is 9.85. The number of ketones is 1. The highest BCUT2D eigenvalue weighted by atomic mass is 19.1. The molecule has 1 N–H and O–H groups in total. The third-order valence-corrected chi connectivity index (χ3v) is 6.62. The van der Waals surface area contributed by atoms with E-state index in [1.807, 2.05) is 38.3 Å². The van der Waals surface area contributed by atoms with Crippen molar-refractivity contribution in [3.8, 4) is 5.69 Å². The molecule has 33 heavy (non-hydrogen) atoms. The van der Waals surface area contributed by atoms with Gasteiger partial charge in [-0.2, -0.15) is 0 Å². The first kappa shape index (κ1) is 23.1. The number of carbonyl (C=O) groups excluding carboxylic acids is 2. The SMILES string of the molecule is CCN(C(=O)c1cc(F)ccc1-n1c(C)c(C(=O)C2CCNCC2)c2ccncc21)C(C)C. The van der Waals surface area contributed by atoms with Crippen molar-refractivity contribution in [1.29, 1.82) is 0 Å². The maximum absolute atomic E-state index is 14.3. The van der Waals surface area contributed by atoms with E-state index in [2.05, 4.69) is 10.3 Å². The summed E-state index contributed by atoms with van der Waals surface area (Å²) in [6.07, 6.45) is 4.99. The summed E-state index contributed by atoms with van der Waals surface area (Å²) in [5.74, 6) is -0.627. The number of benzene rings is 1. The smallest absolute Gasteiger partial charge is 0.256 e. The minimum Gasteiger partial charge on any atom is -0.336 e. The van der Waals surface area contributed by atoms with Crippen molar-refractivity contribution in [3.05, 3.63) is 59.3 Å². The molecule has 0 unspecified atom stereocenters. The Morgan fingerprint density at radius 1 is 1.24 bits per heavy atom. The highest BCUT2D eigenvalue weighted by Crippen LogP contribution is 2.33. The van der Waals surface area contributed by atoms with Crippen LogP contribution in [0.4, 0.5) is 4.39 Å². The molecule has 1 fully saturated rings. The molecule has 0 spiro atoms. The molecular formula is C26H31FN4O2. The number of rotatable bonds is 6. The second kappa shape index (κ2) is 9.43. The molecule has 174 valence electrons. The molecule has 1 saturated heterocycles. The fourth-order valence-electron chi connectivity index (χ4n) is 4.95. The quantitative estimate of drug-likeness (QED) is 0.561. The minimum atomic E-state index is -0.472. The Labute approximate surface area is 193 Å². The maximum atomic E-state index is 14.3. The zero-order chi connectivity index (χ0) is 23.7. The Morgan fingerprint density at radius 2 is 1.97 bits per heavy atom. The maximum Gasteiger partial charge on any atom is 0.256 e. The molecule has 2 aromatic heterocycles. The van der Waals surface area contributed by atoms with Crippen LogP contribution in [0, 0.1) is 18.7 Å². The van der Waals surface area contributed by atoms with Crippen LogP contribution in [0.15, 0.2) is 36.7 Å². The zero-order valence-corrected chi connectivity index (χ0v) is 19.7. The van der Waals surface area contributed by atoms with Gasteiger partial charge in [0.2, 0.25) is 0 Å². The van der Waals surface area contributed by atoms with Crippen LogP contribution < -0.4 is 5.32 Å². The molecule has 0 aliphatic carbocycles. The van der Waals surface area contributed by atoms with Gasteiger partial charge < -0.3 is 14.8 Å². The molecule has 1 aliphatic rings. The summed E-state index contributed by atoms with van der Waals surface area (Å²) in [5.41, 5.74) is 2.98. The van der Waals surface area contributed by atoms with Crippen LogP contribution in [-0.2, 0) is 0 Å². The number of halogens is 1. The highest BCUT2D eigenvalue weighted by Gasteiger charge is 2.30. The molecule has 0 bridgehead atoms. The number of hydrogen-bond donors (Lipinski definition) is 1. The lowest BCUT2D eigenvalue weighted by molar-refractivity contribution is 0.0716. The molecule has 1 aliphatic heterocycles. The summed E-state index contributed by atoms with van der Waals surface area (Å²) in [7, 11) is 0. The van der Waals surface area contributed by atoms with E-state index >= 15 is 0 Å². The molecular weight excluding hydrogens is 419 g/mol. The largest absolute Gasteiger partial charge is 0.336 e. The molecule has 4 rings (SSSR count). The fourth-order valence-corrected chi connectivity index (χ4v) is 4.95. The monoisotopic (exact) mass is 450 g/mol.